The molecule has 1 aromatic heterocycles. The van der Waals surface area contributed by atoms with Gasteiger partial charge in [-0.15, -0.1) is 10.2 Å². The number of nitrogens with zero attached hydrogens (tertiary/aromatic N) is 2. The lowest BCUT2D eigenvalue weighted by atomic mass is 9.95. The summed E-state index contributed by atoms with van der Waals surface area (Å²) in [5.41, 5.74) is 0. The number of aryl methyl sites for hydroxylation is 1. The van der Waals surface area contributed by atoms with E-state index in [0.717, 1.165) is 29.0 Å². The minimum atomic E-state index is 0.768. The van der Waals surface area contributed by atoms with Crippen LogP contribution in [0.2, 0.25) is 0 Å². The van der Waals surface area contributed by atoms with Crippen LogP contribution in [0, 0.1) is 5.92 Å². The molecule has 1 aromatic rings. The molecular formula is C11H17N3S. The predicted molar refractivity (Wildman–Crippen MR) is 64.3 cm³/mol. The number of nitrogens with one attached hydrogen (secondary N) is 1. The van der Waals surface area contributed by atoms with Crippen molar-refractivity contribution in [3.63, 3.8) is 0 Å². The smallest absolute Gasteiger partial charge is 0.205 e. The van der Waals surface area contributed by atoms with Crippen molar-refractivity contribution in [1.82, 2.24) is 10.2 Å². The third kappa shape index (κ3) is 3.02. The van der Waals surface area contributed by atoms with Crippen LogP contribution in [0.15, 0.2) is 12.2 Å². The molecule has 0 radical (unpaired) electrons. The van der Waals surface area contributed by atoms with Gasteiger partial charge in [0.2, 0.25) is 5.13 Å². The summed E-state index contributed by atoms with van der Waals surface area (Å²) in [5, 5.41) is 13.7. The van der Waals surface area contributed by atoms with Crippen LogP contribution in [0.25, 0.3) is 0 Å². The van der Waals surface area contributed by atoms with Crippen LogP contribution in [0.3, 0.4) is 0 Å². The van der Waals surface area contributed by atoms with E-state index in [1.165, 1.54) is 19.3 Å². The maximum Gasteiger partial charge on any atom is 0.205 e. The van der Waals surface area contributed by atoms with Gasteiger partial charge in [-0.05, 0) is 31.6 Å². The largest absolute Gasteiger partial charge is 0.360 e. The van der Waals surface area contributed by atoms with Gasteiger partial charge in [0.05, 0.1) is 0 Å². The topological polar surface area (TPSA) is 37.8 Å². The molecule has 0 fully saturated rings. The molecule has 0 saturated carbocycles. The lowest BCUT2D eigenvalue weighted by Gasteiger charge is -2.17. The number of anilines is 1. The lowest BCUT2D eigenvalue weighted by Crippen LogP contribution is -2.15. The van der Waals surface area contributed by atoms with Crippen molar-refractivity contribution in [3.05, 3.63) is 17.2 Å². The number of allylic oxidation sites excluding steroid dienone is 2. The van der Waals surface area contributed by atoms with Gasteiger partial charge in [0, 0.05) is 6.54 Å². The number of aromatic nitrogens is 2. The van der Waals surface area contributed by atoms with Gasteiger partial charge in [-0.2, -0.15) is 0 Å². The van der Waals surface area contributed by atoms with E-state index in [4.69, 9.17) is 0 Å². The lowest BCUT2D eigenvalue weighted by molar-refractivity contribution is 0.504. The maximum absolute atomic E-state index is 4.11. The highest BCUT2D eigenvalue weighted by atomic mass is 32.1. The summed E-state index contributed by atoms with van der Waals surface area (Å²) in [6.07, 6.45) is 9.26. The second kappa shape index (κ2) is 5.26. The Balaban J connectivity index is 1.79. The summed E-state index contributed by atoms with van der Waals surface area (Å²) >= 11 is 1.67. The van der Waals surface area contributed by atoms with Crippen LogP contribution in [-0.2, 0) is 6.42 Å². The zero-order valence-corrected chi connectivity index (χ0v) is 9.89. The van der Waals surface area contributed by atoms with Crippen molar-refractivity contribution in [1.29, 1.82) is 0 Å². The summed E-state index contributed by atoms with van der Waals surface area (Å²) in [6.45, 7) is 3.14. The van der Waals surface area contributed by atoms with E-state index in [1.54, 1.807) is 11.3 Å². The molecule has 0 amide bonds. The molecule has 1 heterocycles. The molecule has 1 N–H and O–H groups in total. The Hall–Kier alpha value is -0.900. The van der Waals surface area contributed by atoms with Crippen LogP contribution >= 0.6 is 11.3 Å². The van der Waals surface area contributed by atoms with Crippen LogP contribution in [-0.4, -0.2) is 16.7 Å². The molecule has 82 valence electrons. The molecule has 1 aliphatic carbocycles. The fourth-order valence-electron chi connectivity index (χ4n) is 1.74. The molecule has 15 heavy (non-hydrogen) atoms. The molecule has 4 heteroatoms. The molecule has 0 bridgehead atoms. The van der Waals surface area contributed by atoms with Gasteiger partial charge in [-0.25, -0.2) is 0 Å². The van der Waals surface area contributed by atoms with Crippen LogP contribution in [0.1, 0.15) is 31.2 Å². The number of hydrogen-bond donors (Lipinski definition) is 1. The van der Waals surface area contributed by atoms with Crippen LogP contribution in [0.4, 0.5) is 5.13 Å². The van der Waals surface area contributed by atoms with E-state index >= 15 is 0 Å². The Morgan fingerprint density at radius 2 is 2.40 bits per heavy atom. The van der Waals surface area contributed by atoms with Crippen molar-refractivity contribution in [2.45, 2.75) is 32.6 Å². The highest BCUT2D eigenvalue weighted by molar-refractivity contribution is 7.15. The predicted octanol–water partition coefficient (Wildman–Crippen LogP) is 2.87. The van der Waals surface area contributed by atoms with E-state index in [2.05, 4.69) is 34.6 Å². The van der Waals surface area contributed by atoms with E-state index in [9.17, 15) is 0 Å². The second-order valence-electron chi connectivity index (χ2n) is 3.89. The standard InChI is InChI=1S/C11H17N3S/c1-2-10-13-14-11(15-10)12-8-9-6-4-3-5-7-9/h3-4,9H,2,5-8H2,1H3,(H,12,14). The highest BCUT2D eigenvalue weighted by Gasteiger charge is 2.10. The van der Waals surface area contributed by atoms with Crippen molar-refractivity contribution in [2.24, 2.45) is 5.92 Å². The van der Waals surface area contributed by atoms with Crippen molar-refractivity contribution in [3.8, 4) is 0 Å². The normalized spacial score (nSPS) is 20.5. The minimum absolute atomic E-state index is 0.768. The molecule has 1 aliphatic rings. The molecule has 2 rings (SSSR count). The fraction of sp³-hybridized carbons (Fsp3) is 0.636. The zero-order chi connectivity index (χ0) is 10.5. The summed E-state index contributed by atoms with van der Waals surface area (Å²) in [7, 11) is 0. The first-order valence-corrected chi connectivity index (χ1v) is 6.41. The first-order chi connectivity index (χ1) is 7.38. The Bertz CT molecular complexity index is 332. The first kappa shape index (κ1) is 10.6. The third-order valence-electron chi connectivity index (χ3n) is 2.69. The van der Waals surface area contributed by atoms with Crippen molar-refractivity contribution < 1.29 is 0 Å². The van der Waals surface area contributed by atoms with Gasteiger partial charge in [0.15, 0.2) is 0 Å². The number of hydrogen-bond acceptors (Lipinski definition) is 4. The average Bonchev–Trinajstić information content (AvgIpc) is 2.76. The van der Waals surface area contributed by atoms with Gasteiger partial charge in [0.25, 0.3) is 0 Å². The Morgan fingerprint density at radius 3 is 3.07 bits per heavy atom. The minimum Gasteiger partial charge on any atom is -0.360 e. The summed E-state index contributed by atoms with van der Waals surface area (Å²) in [5.74, 6) is 0.768. The van der Waals surface area contributed by atoms with Crippen molar-refractivity contribution >= 4 is 16.5 Å². The first-order valence-electron chi connectivity index (χ1n) is 5.59. The molecule has 0 aromatic carbocycles. The van der Waals surface area contributed by atoms with Gasteiger partial charge in [0.1, 0.15) is 5.01 Å². The van der Waals surface area contributed by atoms with E-state index in [-0.39, 0.29) is 0 Å². The summed E-state index contributed by atoms with van der Waals surface area (Å²) in [6, 6.07) is 0. The molecule has 0 aliphatic heterocycles. The van der Waals surface area contributed by atoms with Crippen molar-refractivity contribution in [2.75, 3.05) is 11.9 Å². The molecule has 1 unspecified atom stereocenters. The maximum atomic E-state index is 4.11. The van der Waals surface area contributed by atoms with Gasteiger partial charge in [-0.1, -0.05) is 30.4 Å². The molecular weight excluding hydrogens is 206 g/mol. The van der Waals surface area contributed by atoms with Gasteiger partial charge < -0.3 is 5.32 Å². The Morgan fingerprint density at radius 1 is 1.47 bits per heavy atom. The zero-order valence-electron chi connectivity index (χ0n) is 9.07. The highest BCUT2D eigenvalue weighted by Crippen LogP contribution is 2.20. The second-order valence-corrected chi connectivity index (χ2v) is 4.95. The quantitative estimate of drug-likeness (QED) is 0.798. The fourth-order valence-corrected chi connectivity index (χ4v) is 2.43. The number of rotatable bonds is 4. The molecule has 0 saturated heterocycles. The van der Waals surface area contributed by atoms with E-state index in [1.807, 2.05) is 0 Å². The van der Waals surface area contributed by atoms with E-state index in [0.29, 0.717) is 0 Å². The summed E-state index contributed by atoms with van der Waals surface area (Å²) < 4.78 is 0. The van der Waals surface area contributed by atoms with Crippen LogP contribution < -0.4 is 5.32 Å². The van der Waals surface area contributed by atoms with Gasteiger partial charge >= 0.3 is 0 Å². The average molecular weight is 223 g/mol. The Labute approximate surface area is 94.6 Å². The molecule has 0 spiro atoms. The van der Waals surface area contributed by atoms with E-state index < -0.39 is 0 Å². The third-order valence-corrected chi connectivity index (χ3v) is 3.71. The van der Waals surface area contributed by atoms with Crippen LogP contribution in [0.5, 0.6) is 0 Å². The SMILES string of the molecule is CCc1nnc(NCC2CC=CCC2)s1. The molecule has 1 atom stereocenters. The van der Waals surface area contributed by atoms with Gasteiger partial charge in [-0.3, -0.25) is 0 Å². The Kier molecular flexibility index (Phi) is 3.72. The monoisotopic (exact) mass is 223 g/mol. The molecule has 3 nitrogen and oxygen atoms in total. The summed E-state index contributed by atoms with van der Waals surface area (Å²) in [4.78, 5) is 0.